The summed E-state index contributed by atoms with van der Waals surface area (Å²) in [5.41, 5.74) is 5.42. The summed E-state index contributed by atoms with van der Waals surface area (Å²) in [6.07, 6.45) is 0. The van der Waals surface area contributed by atoms with Gasteiger partial charge in [-0.15, -0.1) is 11.3 Å². The molecule has 0 radical (unpaired) electrons. The number of thiazole rings is 1. The third-order valence-electron chi connectivity index (χ3n) is 5.69. The van der Waals surface area contributed by atoms with E-state index in [-0.39, 0.29) is 18.4 Å². The fraction of sp³-hybridized carbons (Fsp3) is 0.375. The number of morpholine rings is 1. The quantitative estimate of drug-likeness (QED) is 0.556. The van der Waals surface area contributed by atoms with Crippen LogP contribution in [0.15, 0.2) is 35.7 Å². The van der Waals surface area contributed by atoms with Crippen molar-refractivity contribution in [3.63, 3.8) is 0 Å². The van der Waals surface area contributed by atoms with Gasteiger partial charge in [-0.3, -0.25) is 14.5 Å². The van der Waals surface area contributed by atoms with Crippen LogP contribution in [-0.2, 0) is 20.9 Å². The van der Waals surface area contributed by atoms with Crippen LogP contribution < -0.4 is 10.6 Å². The number of rotatable bonds is 7. The van der Waals surface area contributed by atoms with E-state index in [1.807, 2.05) is 30.7 Å². The van der Waals surface area contributed by atoms with Gasteiger partial charge in [0.15, 0.2) is 0 Å². The van der Waals surface area contributed by atoms with Crippen LogP contribution in [0.3, 0.4) is 0 Å². The van der Waals surface area contributed by atoms with Gasteiger partial charge >= 0.3 is 0 Å². The average Bonchev–Trinajstić information content (AvgIpc) is 3.34. The normalized spacial score (nSPS) is 14.3. The Balaban J connectivity index is 1.32. The zero-order valence-corrected chi connectivity index (χ0v) is 20.0. The second-order valence-electron chi connectivity index (χ2n) is 8.18. The minimum atomic E-state index is -0.109. The van der Waals surface area contributed by atoms with Crippen molar-refractivity contribution < 1.29 is 14.3 Å². The summed E-state index contributed by atoms with van der Waals surface area (Å²) in [5, 5.41) is 8.90. The van der Waals surface area contributed by atoms with E-state index in [0.717, 1.165) is 40.7 Å². The molecule has 4 rings (SSSR count). The van der Waals surface area contributed by atoms with Crippen LogP contribution >= 0.6 is 11.3 Å². The van der Waals surface area contributed by atoms with Crippen LogP contribution in [0.25, 0.3) is 11.3 Å². The van der Waals surface area contributed by atoms with E-state index in [2.05, 4.69) is 26.6 Å². The first-order valence-electron chi connectivity index (χ1n) is 11.0. The summed E-state index contributed by atoms with van der Waals surface area (Å²) in [4.78, 5) is 31.6. The van der Waals surface area contributed by atoms with Crippen molar-refractivity contribution >= 4 is 34.5 Å². The molecule has 0 atom stereocenters. The smallest absolute Gasteiger partial charge is 0.244 e. The van der Waals surface area contributed by atoms with Crippen molar-refractivity contribution in [3.8, 4) is 11.3 Å². The third kappa shape index (κ3) is 5.87. The molecule has 1 aliphatic heterocycles. The molecule has 1 fully saturated rings. The van der Waals surface area contributed by atoms with E-state index in [0.29, 0.717) is 31.1 Å². The first-order valence-corrected chi connectivity index (χ1v) is 11.9. The van der Waals surface area contributed by atoms with Gasteiger partial charge in [0.25, 0.3) is 0 Å². The van der Waals surface area contributed by atoms with E-state index in [1.165, 1.54) is 0 Å². The minimum absolute atomic E-state index is 0.0571. The zero-order chi connectivity index (χ0) is 23.4. The zero-order valence-electron chi connectivity index (χ0n) is 19.2. The van der Waals surface area contributed by atoms with E-state index in [9.17, 15) is 9.59 Å². The maximum Gasteiger partial charge on any atom is 0.244 e. The number of hydrogen-bond acceptors (Lipinski definition) is 6. The molecule has 3 aromatic rings. The van der Waals surface area contributed by atoms with Gasteiger partial charge in [0.1, 0.15) is 6.54 Å². The van der Waals surface area contributed by atoms with Gasteiger partial charge in [-0.1, -0.05) is 0 Å². The largest absolute Gasteiger partial charge is 0.379 e. The van der Waals surface area contributed by atoms with E-state index in [1.54, 1.807) is 35.6 Å². The molecule has 1 saturated heterocycles. The Morgan fingerprint density at radius 1 is 1.00 bits per heavy atom. The lowest BCUT2D eigenvalue weighted by Gasteiger charge is -2.25. The van der Waals surface area contributed by atoms with Gasteiger partial charge in [-0.2, -0.15) is 0 Å². The van der Waals surface area contributed by atoms with Gasteiger partial charge in [0.05, 0.1) is 30.5 Å². The van der Waals surface area contributed by atoms with Crippen molar-refractivity contribution in [2.45, 2.75) is 27.3 Å². The van der Waals surface area contributed by atoms with Gasteiger partial charge in [-0.25, -0.2) is 4.98 Å². The molecule has 1 aromatic carbocycles. The van der Waals surface area contributed by atoms with Gasteiger partial charge in [0, 0.05) is 46.8 Å². The lowest BCUT2D eigenvalue weighted by Crippen LogP contribution is -2.41. The van der Waals surface area contributed by atoms with Crippen molar-refractivity contribution in [2.24, 2.45) is 0 Å². The molecular formula is C24H29N5O3S. The first kappa shape index (κ1) is 23.2. The molecule has 2 aromatic heterocycles. The fourth-order valence-electron chi connectivity index (χ4n) is 3.93. The molecule has 174 valence electrons. The number of aryl methyl sites for hydroxylation is 2. The number of ether oxygens (including phenoxy) is 1. The number of amides is 2. The van der Waals surface area contributed by atoms with Crippen molar-refractivity contribution in [1.82, 2.24) is 14.5 Å². The maximum absolute atomic E-state index is 12.7. The highest BCUT2D eigenvalue weighted by atomic mass is 32.1. The molecule has 0 saturated carbocycles. The number of nitrogens with zero attached hydrogens (tertiary/aromatic N) is 3. The minimum Gasteiger partial charge on any atom is -0.379 e. The van der Waals surface area contributed by atoms with Crippen LogP contribution in [0.1, 0.15) is 16.4 Å². The van der Waals surface area contributed by atoms with Gasteiger partial charge < -0.3 is 19.9 Å². The summed E-state index contributed by atoms with van der Waals surface area (Å²) >= 11 is 1.62. The van der Waals surface area contributed by atoms with Gasteiger partial charge in [0.2, 0.25) is 11.8 Å². The lowest BCUT2D eigenvalue weighted by molar-refractivity contribution is -0.118. The van der Waals surface area contributed by atoms with Crippen molar-refractivity contribution in [2.75, 3.05) is 43.5 Å². The number of carbonyl (C=O) groups excluding carboxylic acids is 2. The monoisotopic (exact) mass is 467 g/mol. The maximum atomic E-state index is 12.7. The SMILES string of the molecule is Cc1nc(-c2cc(C)n(CC(=O)Nc3ccc(NC(=O)CN4CCOCC4)cc3)c2C)cs1. The predicted molar refractivity (Wildman–Crippen MR) is 131 cm³/mol. The molecule has 1 aliphatic rings. The second kappa shape index (κ2) is 10.3. The molecule has 2 amide bonds. The van der Waals surface area contributed by atoms with Crippen LogP contribution in [-0.4, -0.2) is 59.1 Å². The standard InChI is InChI=1S/C24H29N5O3S/c1-16-12-21(22-15-33-18(3)25-22)17(2)29(16)14-24(31)27-20-6-4-19(5-7-20)26-23(30)13-28-8-10-32-11-9-28/h4-7,12,15H,8-11,13-14H2,1-3H3,(H,26,30)(H,27,31). The highest BCUT2D eigenvalue weighted by molar-refractivity contribution is 7.09. The van der Waals surface area contributed by atoms with Crippen LogP contribution in [0, 0.1) is 20.8 Å². The Labute approximate surface area is 197 Å². The predicted octanol–water partition coefficient (Wildman–Crippen LogP) is 3.45. The Morgan fingerprint density at radius 2 is 1.61 bits per heavy atom. The summed E-state index contributed by atoms with van der Waals surface area (Å²) < 4.78 is 7.30. The summed E-state index contributed by atoms with van der Waals surface area (Å²) in [5.74, 6) is -0.166. The van der Waals surface area contributed by atoms with Crippen LogP contribution in [0.4, 0.5) is 11.4 Å². The number of aromatic nitrogens is 2. The Morgan fingerprint density at radius 3 is 2.18 bits per heavy atom. The van der Waals surface area contributed by atoms with Gasteiger partial charge in [-0.05, 0) is 51.1 Å². The Hall–Kier alpha value is -3.01. The number of nitrogens with one attached hydrogen (secondary N) is 2. The average molecular weight is 468 g/mol. The summed E-state index contributed by atoms with van der Waals surface area (Å²) in [7, 11) is 0. The van der Waals surface area contributed by atoms with E-state index in [4.69, 9.17) is 4.74 Å². The van der Waals surface area contributed by atoms with Crippen LogP contribution in [0.5, 0.6) is 0 Å². The highest BCUT2D eigenvalue weighted by Gasteiger charge is 2.16. The summed E-state index contributed by atoms with van der Waals surface area (Å²) in [6.45, 7) is 9.43. The molecule has 33 heavy (non-hydrogen) atoms. The molecule has 0 unspecified atom stereocenters. The Bertz CT molecular complexity index is 1130. The molecule has 9 heteroatoms. The molecule has 3 heterocycles. The summed E-state index contributed by atoms with van der Waals surface area (Å²) in [6, 6.07) is 9.25. The second-order valence-corrected chi connectivity index (χ2v) is 9.25. The number of benzene rings is 1. The third-order valence-corrected chi connectivity index (χ3v) is 6.47. The highest BCUT2D eigenvalue weighted by Crippen LogP contribution is 2.28. The molecule has 8 nitrogen and oxygen atoms in total. The van der Waals surface area contributed by atoms with Crippen molar-refractivity contribution in [1.29, 1.82) is 0 Å². The fourth-order valence-corrected chi connectivity index (χ4v) is 4.55. The first-order chi connectivity index (χ1) is 15.9. The number of hydrogen-bond donors (Lipinski definition) is 2. The molecule has 0 aliphatic carbocycles. The molecule has 0 bridgehead atoms. The molecule has 0 spiro atoms. The topological polar surface area (TPSA) is 88.5 Å². The Kier molecular flexibility index (Phi) is 7.22. The molecular weight excluding hydrogens is 438 g/mol. The van der Waals surface area contributed by atoms with Crippen molar-refractivity contribution in [3.05, 3.63) is 52.1 Å². The van der Waals surface area contributed by atoms with Crippen LogP contribution in [0.2, 0.25) is 0 Å². The van der Waals surface area contributed by atoms with E-state index >= 15 is 0 Å². The van der Waals surface area contributed by atoms with E-state index < -0.39 is 0 Å². The number of anilines is 2. The number of carbonyl (C=O) groups is 2. The molecule has 2 N–H and O–H groups in total. The lowest BCUT2D eigenvalue weighted by atomic mass is 10.2.